The molecule has 1 fully saturated rings. The molecule has 0 aliphatic carbocycles. The molecule has 3 heterocycles. The van der Waals surface area contributed by atoms with Gasteiger partial charge < -0.3 is 10.1 Å². The van der Waals surface area contributed by atoms with Crippen molar-refractivity contribution in [2.45, 2.75) is 38.1 Å². The summed E-state index contributed by atoms with van der Waals surface area (Å²) < 4.78 is 7.71. The Balaban J connectivity index is 1.38. The van der Waals surface area contributed by atoms with Crippen LogP contribution in [0.15, 0.2) is 48.8 Å². The third-order valence-corrected chi connectivity index (χ3v) is 5.99. The molecule has 1 N–H and O–H groups in total. The van der Waals surface area contributed by atoms with Gasteiger partial charge in [-0.3, -0.25) is 0 Å². The van der Waals surface area contributed by atoms with Gasteiger partial charge in [0, 0.05) is 12.5 Å². The summed E-state index contributed by atoms with van der Waals surface area (Å²) in [7, 11) is 0. The van der Waals surface area contributed by atoms with Crippen molar-refractivity contribution in [3.8, 4) is 11.4 Å². The summed E-state index contributed by atoms with van der Waals surface area (Å²) >= 11 is 0. The van der Waals surface area contributed by atoms with Crippen LogP contribution in [0.25, 0.3) is 5.69 Å². The number of nitrogens with one attached hydrogen (secondary N) is 1. The van der Waals surface area contributed by atoms with Crippen LogP contribution in [0.3, 0.4) is 0 Å². The molecule has 5 rings (SSSR count). The van der Waals surface area contributed by atoms with Gasteiger partial charge in [0.05, 0.1) is 12.3 Å². The summed E-state index contributed by atoms with van der Waals surface area (Å²) in [6, 6.07) is 15.6. The van der Waals surface area contributed by atoms with Crippen molar-refractivity contribution in [2.75, 3.05) is 13.2 Å². The highest BCUT2D eigenvalue weighted by Gasteiger charge is 2.27. The number of tetrazole rings is 1. The first-order valence-electron chi connectivity index (χ1n) is 10.2. The third-order valence-electron chi connectivity index (χ3n) is 5.99. The molecule has 0 bridgehead atoms. The van der Waals surface area contributed by atoms with Crippen LogP contribution in [0.4, 0.5) is 0 Å². The molecule has 3 aromatic rings. The van der Waals surface area contributed by atoms with Crippen molar-refractivity contribution in [1.82, 2.24) is 25.5 Å². The van der Waals surface area contributed by atoms with Gasteiger partial charge in [0.25, 0.3) is 0 Å². The van der Waals surface area contributed by atoms with E-state index in [1.54, 1.807) is 11.0 Å². The van der Waals surface area contributed by atoms with E-state index >= 15 is 0 Å². The zero-order chi connectivity index (χ0) is 18.8. The first-order chi connectivity index (χ1) is 13.9. The number of piperidine rings is 1. The van der Waals surface area contributed by atoms with Gasteiger partial charge in [0.2, 0.25) is 0 Å². The lowest BCUT2D eigenvalue weighted by Gasteiger charge is -2.33. The largest absolute Gasteiger partial charge is 0.493 e. The van der Waals surface area contributed by atoms with Gasteiger partial charge in [0.1, 0.15) is 12.1 Å². The van der Waals surface area contributed by atoms with Crippen molar-refractivity contribution in [3.05, 3.63) is 65.5 Å². The lowest BCUT2D eigenvalue weighted by molar-refractivity contribution is 0.268. The fourth-order valence-electron chi connectivity index (χ4n) is 4.63. The Morgan fingerprint density at radius 1 is 1.18 bits per heavy atom. The molecular formula is C22H25N5O. The molecule has 6 heteroatoms. The van der Waals surface area contributed by atoms with Crippen molar-refractivity contribution >= 4 is 0 Å². The summed E-state index contributed by atoms with van der Waals surface area (Å²) in [4.78, 5) is 0. The number of hydrogen-bond acceptors (Lipinski definition) is 5. The molecule has 2 atom stereocenters. The van der Waals surface area contributed by atoms with Crippen molar-refractivity contribution in [1.29, 1.82) is 0 Å². The van der Waals surface area contributed by atoms with Crippen LogP contribution in [0.2, 0.25) is 0 Å². The molecule has 0 unspecified atom stereocenters. The highest BCUT2D eigenvalue weighted by atomic mass is 16.5. The van der Waals surface area contributed by atoms with Gasteiger partial charge >= 0.3 is 0 Å². The van der Waals surface area contributed by atoms with Gasteiger partial charge in [-0.2, -0.15) is 0 Å². The van der Waals surface area contributed by atoms with Crippen molar-refractivity contribution < 1.29 is 4.74 Å². The second-order valence-electron chi connectivity index (χ2n) is 7.73. The van der Waals surface area contributed by atoms with Gasteiger partial charge in [-0.1, -0.05) is 30.3 Å². The molecule has 1 aromatic heterocycles. The SMILES string of the molecule is c1ccc([C@@H]2NCCC[C@@H]2CCc2cc(-n3cnnn3)cc3c2OCC3)cc1. The summed E-state index contributed by atoms with van der Waals surface area (Å²) in [5, 5.41) is 15.4. The zero-order valence-electron chi connectivity index (χ0n) is 15.9. The molecule has 2 aromatic carbocycles. The van der Waals surface area contributed by atoms with Crippen molar-refractivity contribution in [3.63, 3.8) is 0 Å². The Morgan fingerprint density at radius 3 is 2.96 bits per heavy atom. The van der Waals surface area contributed by atoms with Crippen LogP contribution < -0.4 is 10.1 Å². The van der Waals surface area contributed by atoms with E-state index in [4.69, 9.17) is 4.74 Å². The van der Waals surface area contributed by atoms with E-state index in [0.717, 1.165) is 43.9 Å². The Bertz CT molecular complexity index is 926. The monoisotopic (exact) mass is 375 g/mol. The average molecular weight is 375 g/mol. The van der Waals surface area contributed by atoms with E-state index < -0.39 is 0 Å². The summed E-state index contributed by atoms with van der Waals surface area (Å²) in [6.45, 7) is 1.86. The van der Waals surface area contributed by atoms with E-state index in [2.05, 4.69) is 63.3 Å². The number of aryl methyl sites for hydroxylation is 1. The number of rotatable bonds is 5. The lowest BCUT2D eigenvalue weighted by Crippen LogP contribution is -2.34. The van der Waals surface area contributed by atoms with E-state index in [1.165, 1.54) is 29.5 Å². The molecule has 6 nitrogen and oxygen atoms in total. The zero-order valence-corrected chi connectivity index (χ0v) is 15.9. The fourth-order valence-corrected chi connectivity index (χ4v) is 4.63. The standard InChI is InChI=1S/C22H25N5O/c1-2-5-16(6-3-1)21-17(7-4-11-23-21)8-9-18-13-20(27-15-24-25-26-27)14-19-10-12-28-22(18)19/h1-3,5-6,13-15,17,21,23H,4,7-12H2/t17-,21+/m1/s1. The maximum Gasteiger partial charge on any atom is 0.143 e. The molecule has 144 valence electrons. The number of benzene rings is 2. The predicted octanol–water partition coefficient (Wildman–Crippen LogP) is 3.27. The van der Waals surface area contributed by atoms with Crippen LogP contribution in [-0.2, 0) is 12.8 Å². The Labute approximate surface area is 164 Å². The number of aromatic nitrogens is 4. The first kappa shape index (κ1) is 17.4. The molecule has 2 aliphatic rings. The third kappa shape index (κ3) is 3.40. The minimum atomic E-state index is 0.437. The summed E-state index contributed by atoms with van der Waals surface area (Å²) in [6.07, 6.45) is 7.26. The number of hydrogen-bond donors (Lipinski definition) is 1. The van der Waals surface area contributed by atoms with E-state index in [-0.39, 0.29) is 0 Å². The maximum atomic E-state index is 5.98. The van der Waals surface area contributed by atoms with Gasteiger partial charge in [-0.25, -0.2) is 4.68 Å². The van der Waals surface area contributed by atoms with E-state index in [9.17, 15) is 0 Å². The van der Waals surface area contributed by atoms with Crippen LogP contribution in [0, 0.1) is 5.92 Å². The molecule has 0 spiro atoms. The number of nitrogens with zero attached hydrogens (tertiary/aromatic N) is 4. The summed E-state index contributed by atoms with van der Waals surface area (Å²) in [5.41, 5.74) is 4.96. The van der Waals surface area contributed by atoms with Gasteiger partial charge in [-0.15, -0.1) is 5.10 Å². The van der Waals surface area contributed by atoms with Crippen molar-refractivity contribution in [2.24, 2.45) is 5.92 Å². The minimum absolute atomic E-state index is 0.437. The van der Waals surface area contributed by atoms with Gasteiger partial charge in [0.15, 0.2) is 0 Å². The maximum absolute atomic E-state index is 5.98. The highest BCUT2D eigenvalue weighted by molar-refractivity contribution is 5.51. The van der Waals surface area contributed by atoms with Gasteiger partial charge in [-0.05, 0) is 77.4 Å². The fraction of sp³-hybridized carbons (Fsp3) is 0.409. The normalized spacial score (nSPS) is 21.3. The van der Waals surface area contributed by atoms with E-state index in [0.29, 0.717) is 12.0 Å². The van der Waals surface area contributed by atoms with Crippen LogP contribution >= 0.6 is 0 Å². The first-order valence-corrected chi connectivity index (χ1v) is 10.2. The Hall–Kier alpha value is -2.73. The molecule has 0 saturated carbocycles. The molecule has 28 heavy (non-hydrogen) atoms. The topological polar surface area (TPSA) is 64.9 Å². The average Bonchev–Trinajstić information content (AvgIpc) is 3.44. The summed E-state index contributed by atoms with van der Waals surface area (Å²) in [5.74, 6) is 1.71. The Morgan fingerprint density at radius 2 is 2.11 bits per heavy atom. The second kappa shape index (κ2) is 7.72. The Kier molecular flexibility index (Phi) is 4.79. The number of fused-ring (bicyclic) bond motifs is 1. The molecule has 0 amide bonds. The van der Waals surface area contributed by atoms with E-state index in [1.807, 2.05) is 0 Å². The quantitative estimate of drug-likeness (QED) is 0.741. The molecule has 2 aliphatic heterocycles. The smallest absolute Gasteiger partial charge is 0.143 e. The van der Waals surface area contributed by atoms with Crippen LogP contribution in [-0.4, -0.2) is 33.4 Å². The molecular weight excluding hydrogens is 350 g/mol. The van der Waals surface area contributed by atoms with Crippen LogP contribution in [0.1, 0.15) is 42.0 Å². The van der Waals surface area contributed by atoms with Crippen LogP contribution in [0.5, 0.6) is 5.75 Å². The lowest BCUT2D eigenvalue weighted by atomic mass is 9.82. The second-order valence-corrected chi connectivity index (χ2v) is 7.73. The minimum Gasteiger partial charge on any atom is -0.493 e. The number of ether oxygens (including phenoxy) is 1. The predicted molar refractivity (Wildman–Crippen MR) is 107 cm³/mol. The molecule has 0 radical (unpaired) electrons. The highest BCUT2D eigenvalue weighted by Crippen LogP contribution is 2.37. The molecule has 1 saturated heterocycles.